The summed E-state index contributed by atoms with van der Waals surface area (Å²) in [5.41, 5.74) is 0.562. The molecule has 4 aliphatic carbocycles. The Morgan fingerprint density at radius 3 is 2.32 bits per heavy atom. The van der Waals surface area contributed by atoms with Crippen molar-refractivity contribution in [3.63, 3.8) is 0 Å². The summed E-state index contributed by atoms with van der Waals surface area (Å²) < 4.78 is 0.956. The molecule has 4 aliphatic rings. The average Bonchev–Trinajstić information content (AvgIpc) is 2.73. The minimum absolute atomic E-state index is 0.562. The first-order chi connectivity index (χ1) is 9.13. The van der Waals surface area contributed by atoms with Crippen LogP contribution in [0.3, 0.4) is 0 Å². The minimum Gasteiger partial charge on any atom is -0.358 e. The van der Waals surface area contributed by atoms with Crippen LogP contribution in [0.25, 0.3) is 0 Å². The molecule has 1 unspecified atom stereocenters. The van der Waals surface area contributed by atoms with E-state index in [2.05, 4.69) is 38.5 Å². The van der Waals surface area contributed by atoms with Crippen LogP contribution >= 0.6 is 27.3 Å². The van der Waals surface area contributed by atoms with E-state index in [4.69, 9.17) is 0 Å². The molecule has 1 atom stereocenters. The average molecular weight is 341 g/mol. The number of thiazole rings is 1. The maximum absolute atomic E-state index is 4.50. The number of hydrogen-bond acceptors (Lipinski definition) is 3. The first-order valence-electron chi connectivity index (χ1n) is 7.50. The van der Waals surface area contributed by atoms with Gasteiger partial charge in [0.15, 0.2) is 5.13 Å². The Labute approximate surface area is 127 Å². The number of nitrogens with one attached hydrogen (secondary N) is 1. The van der Waals surface area contributed by atoms with Crippen LogP contribution in [0.5, 0.6) is 0 Å². The lowest BCUT2D eigenvalue weighted by molar-refractivity contribution is -0.0602. The standard InChI is InChI=1S/C15H21BrN2S/c1-9(17-14-18-13(16)8-19-14)15-5-10-2-11(6-15)4-12(3-10)7-15/h8-12H,2-7H2,1H3,(H,17,18). The fraction of sp³-hybridized carbons (Fsp3) is 0.800. The van der Waals surface area contributed by atoms with Gasteiger partial charge in [0, 0.05) is 11.4 Å². The maximum atomic E-state index is 4.50. The van der Waals surface area contributed by atoms with Crippen molar-refractivity contribution < 1.29 is 0 Å². The molecule has 19 heavy (non-hydrogen) atoms. The van der Waals surface area contributed by atoms with Crippen LogP contribution in [0.1, 0.15) is 45.4 Å². The normalized spacial score (nSPS) is 41.5. The number of halogens is 1. The molecule has 4 saturated carbocycles. The smallest absolute Gasteiger partial charge is 0.183 e. The second-order valence-electron chi connectivity index (χ2n) is 7.12. The van der Waals surface area contributed by atoms with Crippen molar-refractivity contribution in [3.05, 3.63) is 9.98 Å². The maximum Gasteiger partial charge on any atom is 0.183 e. The van der Waals surface area contributed by atoms with Crippen LogP contribution in [-0.2, 0) is 0 Å². The molecule has 0 spiro atoms. The second-order valence-corrected chi connectivity index (χ2v) is 8.79. The molecule has 0 amide bonds. The number of anilines is 1. The zero-order chi connectivity index (χ0) is 13.0. The summed E-state index contributed by atoms with van der Waals surface area (Å²) in [5.74, 6) is 3.08. The Kier molecular flexibility index (Phi) is 2.96. The van der Waals surface area contributed by atoms with E-state index in [9.17, 15) is 0 Å². The highest BCUT2D eigenvalue weighted by Crippen LogP contribution is 2.61. The fourth-order valence-corrected chi connectivity index (χ4v) is 6.60. The number of aromatic nitrogens is 1. The van der Waals surface area contributed by atoms with Crippen LogP contribution in [-0.4, -0.2) is 11.0 Å². The molecule has 1 heterocycles. The van der Waals surface area contributed by atoms with Crippen molar-refractivity contribution in [2.45, 2.75) is 51.5 Å². The van der Waals surface area contributed by atoms with Gasteiger partial charge in [-0.15, -0.1) is 11.3 Å². The Morgan fingerprint density at radius 1 is 1.26 bits per heavy atom. The number of rotatable bonds is 3. The summed E-state index contributed by atoms with van der Waals surface area (Å²) in [5, 5.41) is 6.84. The summed E-state index contributed by atoms with van der Waals surface area (Å²) in [6, 6.07) is 0.568. The van der Waals surface area contributed by atoms with Crippen molar-refractivity contribution in [3.8, 4) is 0 Å². The molecule has 0 saturated heterocycles. The van der Waals surface area contributed by atoms with Gasteiger partial charge in [0.1, 0.15) is 4.60 Å². The van der Waals surface area contributed by atoms with Crippen molar-refractivity contribution in [1.29, 1.82) is 0 Å². The van der Waals surface area contributed by atoms with Crippen molar-refractivity contribution >= 4 is 32.4 Å². The van der Waals surface area contributed by atoms with Crippen LogP contribution in [0.4, 0.5) is 5.13 Å². The van der Waals surface area contributed by atoms with Gasteiger partial charge in [-0.3, -0.25) is 0 Å². The van der Waals surface area contributed by atoms with Gasteiger partial charge in [-0.25, -0.2) is 4.98 Å². The third-order valence-corrected chi connectivity index (χ3v) is 7.30. The van der Waals surface area contributed by atoms with E-state index in [0.29, 0.717) is 11.5 Å². The van der Waals surface area contributed by atoms with E-state index < -0.39 is 0 Å². The van der Waals surface area contributed by atoms with E-state index in [1.165, 1.54) is 38.5 Å². The summed E-state index contributed by atoms with van der Waals surface area (Å²) in [4.78, 5) is 4.50. The molecule has 0 aliphatic heterocycles. The lowest BCUT2D eigenvalue weighted by Crippen LogP contribution is -2.52. The van der Waals surface area contributed by atoms with E-state index in [1.807, 2.05) is 0 Å². The third kappa shape index (κ3) is 2.15. The summed E-state index contributed by atoms with van der Waals surface area (Å²) in [6.07, 6.45) is 8.94. The predicted octanol–water partition coefficient (Wildman–Crippen LogP) is 4.92. The third-order valence-electron chi connectivity index (χ3n) is 5.82. The van der Waals surface area contributed by atoms with Gasteiger partial charge in [-0.05, 0) is 84.5 Å². The lowest BCUT2D eigenvalue weighted by atomic mass is 9.48. The van der Waals surface area contributed by atoms with Crippen LogP contribution in [0.2, 0.25) is 0 Å². The predicted molar refractivity (Wildman–Crippen MR) is 83.5 cm³/mol. The first kappa shape index (κ1) is 12.6. The summed E-state index contributed by atoms with van der Waals surface area (Å²) in [6.45, 7) is 2.39. The fourth-order valence-electron chi connectivity index (χ4n) is 5.37. The number of nitrogens with zero attached hydrogens (tertiary/aromatic N) is 1. The highest BCUT2D eigenvalue weighted by molar-refractivity contribution is 9.10. The molecule has 1 N–H and O–H groups in total. The zero-order valence-electron chi connectivity index (χ0n) is 11.4. The second kappa shape index (κ2) is 4.45. The van der Waals surface area contributed by atoms with Gasteiger partial charge < -0.3 is 5.32 Å². The van der Waals surface area contributed by atoms with Gasteiger partial charge in [0.2, 0.25) is 0 Å². The van der Waals surface area contributed by atoms with Crippen LogP contribution in [0, 0.1) is 23.2 Å². The first-order valence-corrected chi connectivity index (χ1v) is 9.18. The molecule has 4 fully saturated rings. The van der Waals surface area contributed by atoms with Gasteiger partial charge in [0.05, 0.1) is 0 Å². The minimum atomic E-state index is 0.562. The van der Waals surface area contributed by atoms with E-state index in [1.54, 1.807) is 11.3 Å². The highest BCUT2D eigenvalue weighted by Gasteiger charge is 2.53. The van der Waals surface area contributed by atoms with Gasteiger partial charge >= 0.3 is 0 Å². The van der Waals surface area contributed by atoms with Crippen LogP contribution < -0.4 is 5.32 Å². The molecule has 4 heteroatoms. The molecular weight excluding hydrogens is 320 g/mol. The molecule has 0 aromatic carbocycles. The molecule has 0 radical (unpaired) electrons. The SMILES string of the molecule is CC(Nc1nc(Br)cs1)C12CC3CC(CC(C3)C1)C2. The Balaban J connectivity index is 1.54. The van der Waals surface area contributed by atoms with Gasteiger partial charge in [0.25, 0.3) is 0 Å². The lowest BCUT2D eigenvalue weighted by Gasteiger charge is -2.59. The van der Waals surface area contributed by atoms with Gasteiger partial charge in [-0.1, -0.05) is 0 Å². The molecule has 1 aromatic rings. The van der Waals surface area contributed by atoms with E-state index in [-0.39, 0.29) is 0 Å². The largest absolute Gasteiger partial charge is 0.358 e. The zero-order valence-corrected chi connectivity index (χ0v) is 13.8. The van der Waals surface area contributed by atoms with Crippen LogP contribution in [0.15, 0.2) is 9.98 Å². The molecule has 104 valence electrons. The molecule has 4 bridgehead atoms. The Morgan fingerprint density at radius 2 is 1.84 bits per heavy atom. The van der Waals surface area contributed by atoms with Gasteiger partial charge in [-0.2, -0.15) is 0 Å². The monoisotopic (exact) mass is 340 g/mol. The molecular formula is C15H21BrN2S. The van der Waals surface area contributed by atoms with Crippen molar-refractivity contribution in [1.82, 2.24) is 4.98 Å². The Bertz CT molecular complexity index is 449. The molecule has 5 rings (SSSR count). The van der Waals surface area contributed by atoms with E-state index >= 15 is 0 Å². The molecule has 2 nitrogen and oxygen atoms in total. The Hall–Kier alpha value is -0.0900. The van der Waals surface area contributed by atoms with E-state index in [0.717, 1.165) is 27.5 Å². The number of hydrogen-bond donors (Lipinski definition) is 1. The quantitative estimate of drug-likeness (QED) is 0.844. The highest BCUT2D eigenvalue weighted by atomic mass is 79.9. The van der Waals surface area contributed by atoms with Crippen molar-refractivity contribution in [2.75, 3.05) is 5.32 Å². The summed E-state index contributed by atoms with van der Waals surface area (Å²) in [7, 11) is 0. The molecule has 1 aromatic heterocycles. The van der Waals surface area contributed by atoms with Crippen molar-refractivity contribution in [2.24, 2.45) is 23.2 Å². The summed E-state index contributed by atoms with van der Waals surface area (Å²) >= 11 is 5.16. The topological polar surface area (TPSA) is 24.9 Å².